The van der Waals surface area contributed by atoms with Crippen LogP contribution in [-0.4, -0.2) is 56.1 Å². The summed E-state index contributed by atoms with van der Waals surface area (Å²) in [6.45, 7) is 5.40. The van der Waals surface area contributed by atoms with Crippen molar-refractivity contribution < 1.29 is 10.1 Å². The molecule has 0 saturated heterocycles. The van der Waals surface area contributed by atoms with Crippen LogP contribution >= 0.6 is 0 Å². The third-order valence-electron chi connectivity index (χ3n) is 5.76. The monoisotopic (exact) mass is 482 g/mol. The number of fused-ring (bicyclic) bond motifs is 1. The van der Waals surface area contributed by atoms with Crippen molar-refractivity contribution in [3.05, 3.63) is 65.8 Å². The van der Waals surface area contributed by atoms with E-state index >= 15 is 0 Å². The number of aromatic nitrogens is 5. The molecular formula is C26H28N9O+. The highest BCUT2D eigenvalue weighted by atomic mass is 16.2. The number of aryl methyl sites for hydroxylation is 1. The summed E-state index contributed by atoms with van der Waals surface area (Å²) in [6.07, 6.45) is 5.17. The molecule has 182 valence electrons. The van der Waals surface area contributed by atoms with E-state index in [-0.39, 0.29) is 5.91 Å². The number of rotatable bonds is 6. The van der Waals surface area contributed by atoms with Gasteiger partial charge in [0.15, 0.2) is 5.69 Å². The van der Waals surface area contributed by atoms with E-state index in [2.05, 4.69) is 42.4 Å². The average molecular weight is 483 g/mol. The minimum absolute atomic E-state index is 0.219. The number of carbonyl (C=O) groups excluding carboxylic acids is 1. The van der Waals surface area contributed by atoms with Gasteiger partial charge in [-0.1, -0.05) is 5.92 Å². The molecule has 5 N–H and O–H groups in total. The van der Waals surface area contributed by atoms with Crippen molar-refractivity contribution in [3.8, 4) is 23.1 Å². The number of carbonyl (C=O) groups is 1. The quantitative estimate of drug-likeness (QED) is 0.244. The van der Waals surface area contributed by atoms with Crippen molar-refractivity contribution >= 4 is 28.6 Å². The summed E-state index contributed by atoms with van der Waals surface area (Å²) in [6, 6.07) is 7.06. The van der Waals surface area contributed by atoms with Gasteiger partial charge >= 0.3 is 0 Å². The Morgan fingerprint density at radius 3 is 2.72 bits per heavy atom. The van der Waals surface area contributed by atoms with Crippen LogP contribution in [0, 0.1) is 24.2 Å². The first-order chi connectivity index (χ1) is 17.3. The summed E-state index contributed by atoms with van der Waals surface area (Å²) in [7, 11) is 3.59. The van der Waals surface area contributed by atoms with Gasteiger partial charge in [-0.25, -0.2) is 19.9 Å². The van der Waals surface area contributed by atoms with Gasteiger partial charge < -0.3 is 25.8 Å². The lowest BCUT2D eigenvalue weighted by molar-refractivity contribution is -0.539. The van der Waals surface area contributed by atoms with Gasteiger partial charge in [-0.15, -0.1) is 0 Å². The largest absolute Gasteiger partial charge is 0.312 e. The third kappa shape index (κ3) is 5.12. The molecule has 4 rings (SSSR count). The molecule has 10 heteroatoms. The zero-order valence-electron chi connectivity index (χ0n) is 20.8. The summed E-state index contributed by atoms with van der Waals surface area (Å²) in [4.78, 5) is 30.2. The fourth-order valence-electron chi connectivity index (χ4n) is 3.71. The summed E-state index contributed by atoms with van der Waals surface area (Å²) in [5.74, 6) is 7.33. The molecule has 0 saturated carbocycles. The molecule has 4 heterocycles. The van der Waals surface area contributed by atoms with Crippen molar-refractivity contribution in [1.82, 2.24) is 29.7 Å². The Balaban J connectivity index is 1.81. The Morgan fingerprint density at radius 1 is 1.19 bits per heavy atom. The molecule has 0 bridgehead atoms. The van der Waals surface area contributed by atoms with Gasteiger partial charge in [0.2, 0.25) is 5.91 Å². The van der Waals surface area contributed by atoms with Crippen LogP contribution in [0.25, 0.3) is 16.8 Å². The van der Waals surface area contributed by atoms with Gasteiger partial charge in [0.05, 0.1) is 30.5 Å². The number of nitrogens with one attached hydrogen (secondary N) is 3. The van der Waals surface area contributed by atoms with Crippen LogP contribution < -0.4 is 16.0 Å². The molecule has 4 aromatic rings. The van der Waals surface area contributed by atoms with Crippen molar-refractivity contribution in [3.63, 3.8) is 0 Å². The highest BCUT2D eigenvalue weighted by Crippen LogP contribution is 2.27. The normalized spacial score (nSPS) is 11.6. The van der Waals surface area contributed by atoms with E-state index in [1.165, 1.54) is 6.33 Å². The number of nitrogens with two attached hydrogens (primary N) is 1. The summed E-state index contributed by atoms with van der Waals surface area (Å²) in [5.41, 5.74) is 5.20. The highest BCUT2D eigenvalue weighted by Gasteiger charge is 2.19. The van der Waals surface area contributed by atoms with E-state index in [4.69, 9.17) is 5.41 Å². The lowest BCUT2D eigenvalue weighted by atomic mass is 10.1. The zero-order chi connectivity index (χ0) is 25.8. The van der Waals surface area contributed by atoms with Gasteiger partial charge in [0.1, 0.15) is 35.1 Å². The maximum absolute atomic E-state index is 12.6. The van der Waals surface area contributed by atoms with E-state index in [1.54, 1.807) is 33.2 Å². The Morgan fingerprint density at radius 2 is 2.00 bits per heavy atom. The topological polar surface area (TPSA) is 138 Å². The maximum Gasteiger partial charge on any atom is 0.242 e. The number of likely N-dealkylation sites (N-methyl/N-ethyl adjacent to an activating group) is 1. The molecule has 0 radical (unpaired) electrons. The van der Waals surface area contributed by atoms with Crippen LogP contribution in [0.1, 0.15) is 36.6 Å². The molecule has 0 aliphatic carbocycles. The highest BCUT2D eigenvalue weighted by molar-refractivity contribution is 6.00. The van der Waals surface area contributed by atoms with Crippen molar-refractivity contribution in [1.29, 1.82) is 5.41 Å². The number of imidazole rings is 1. The van der Waals surface area contributed by atoms with Gasteiger partial charge in [0.25, 0.3) is 0 Å². The summed E-state index contributed by atoms with van der Waals surface area (Å²) >= 11 is 0. The molecule has 1 unspecified atom stereocenters. The Labute approximate surface area is 209 Å². The Bertz CT molecular complexity index is 1530. The van der Waals surface area contributed by atoms with Crippen LogP contribution in [0.2, 0.25) is 0 Å². The Hall–Kier alpha value is -4.46. The number of hydrogen-bond acceptors (Lipinski definition) is 7. The van der Waals surface area contributed by atoms with Crippen molar-refractivity contribution in [2.75, 3.05) is 19.4 Å². The predicted molar refractivity (Wildman–Crippen MR) is 138 cm³/mol. The van der Waals surface area contributed by atoms with Crippen LogP contribution in [0.4, 0.5) is 11.5 Å². The molecule has 36 heavy (non-hydrogen) atoms. The maximum atomic E-state index is 12.6. The number of hydrogen-bond donors (Lipinski definition) is 4. The number of amides is 1. The lowest BCUT2D eigenvalue weighted by Gasteiger charge is -2.13. The smallest absolute Gasteiger partial charge is 0.242 e. The van der Waals surface area contributed by atoms with Gasteiger partial charge in [-0.3, -0.25) is 4.79 Å². The molecule has 10 nitrogen and oxygen atoms in total. The van der Waals surface area contributed by atoms with Gasteiger partial charge in [0, 0.05) is 17.3 Å². The molecule has 0 fully saturated rings. The molecule has 0 aliphatic heterocycles. The van der Waals surface area contributed by atoms with Gasteiger partial charge in [-0.2, -0.15) is 0 Å². The van der Waals surface area contributed by atoms with E-state index in [1.807, 2.05) is 48.1 Å². The van der Waals surface area contributed by atoms with Crippen LogP contribution in [-0.2, 0) is 4.79 Å². The first-order valence-corrected chi connectivity index (χ1v) is 11.5. The predicted octanol–water partition coefficient (Wildman–Crippen LogP) is 1.65. The van der Waals surface area contributed by atoms with Crippen LogP contribution in [0.15, 0.2) is 43.0 Å². The molecule has 4 aromatic heterocycles. The number of nitrogens with zero attached hydrogens (tertiary/aromatic N) is 5. The Kier molecular flexibility index (Phi) is 7.15. The third-order valence-corrected chi connectivity index (χ3v) is 5.76. The first kappa shape index (κ1) is 24.7. The summed E-state index contributed by atoms with van der Waals surface area (Å²) < 4.78 is 1.99. The molecule has 0 aromatic carbocycles. The van der Waals surface area contributed by atoms with Crippen molar-refractivity contribution in [2.45, 2.75) is 26.8 Å². The standard InChI is InChI=1S/C26H27N9O/c1-15(27)23-25(29-5)24(32-14-31-23)19-11-20(33-22(12-19)34-26(36)16(2)28-4)7-6-18-8-9-35-17(3)30-13-21(35)10-18/h8-14,16,27-29H,1-5H3,(H,33,34,36)/p+1. The summed E-state index contributed by atoms with van der Waals surface area (Å²) in [5, 5.41) is 15.7. The van der Waals surface area contributed by atoms with Crippen LogP contribution in [0.3, 0.4) is 0 Å². The second-order valence-corrected chi connectivity index (χ2v) is 8.29. The van der Waals surface area contributed by atoms with E-state index in [0.717, 1.165) is 22.6 Å². The SMILES string of the molecule is CNC(C)C(=O)Nc1cc(-c2ncnc(C(C)=N)c2[NH2+]C)cc(C#Cc2ccn3c(C)ncc3c2)n1. The number of anilines is 1. The van der Waals surface area contributed by atoms with Crippen LogP contribution in [0.5, 0.6) is 0 Å². The molecule has 1 amide bonds. The molecule has 0 aliphatic rings. The first-order valence-electron chi connectivity index (χ1n) is 11.5. The second kappa shape index (κ2) is 10.4. The zero-order valence-corrected chi connectivity index (χ0v) is 20.8. The van der Waals surface area contributed by atoms with E-state index in [9.17, 15) is 4.79 Å². The second-order valence-electron chi connectivity index (χ2n) is 8.29. The van der Waals surface area contributed by atoms with Gasteiger partial charge in [-0.05, 0) is 58.0 Å². The fraction of sp³-hybridized carbons (Fsp3) is 0.231. The molecule has 1 atom stereocenters. The fourth-order valence-corrected chi connectivity index (χ4v) is 3.71. The molecule has 0 spiro atoms. The molecular weight excluding hydrogens is 454 g/mol. The van der Waals surface area contributed by atoms with E-state index in [0.29, 0.717) is 34.2 Å². The van der Waals surface area contributed by atoms with Crippen molar-refractivity contribution in [2.24, 2.45) is 0 Å². The number of quaternary nitrogens is 1. The van der Waals surface area contributed by atoms with E-state index < -0.39 is 6.04 Å². The average Bonchev–Trinajstić information content (AvgIpc) is 3.25. The minimum atomic E-state index is -0.401. The number of pyridine rings is 2. The minimum Gasteiger partial charge on any atom is -0.312 e. The lowest BCUT2D eigenvalue weighted by Crippen LogP contribution is -2.73.